The predicted molar refractivity (Wildman–Crippen MR) is 33.4 cm³/mol. The van der Waals surface area contributed by atoms with Gasteiger partial charge in [-0.05, 0) is 0 Å². The van der Waals surface area contributed by atoms with Crippen LogP contribution in [0.1, 0.15) is 5.69 Å². The fourth-order valence-corrected chi connectivity index (χ4v) is 0.511. The van der Waals surface area contributed by atoms with Crippen LogP contribution in [0, 0.1) is 0 Å². The van der Waals surface area contributed by atoms with Gasteiger partial charge in [0.15, 0.2) is 0 Å². The standard InChI is InChI=1S/C4H6N4O2/c5-1-2-3(9)6-4(10)8-7-2/h1,5H2,(H2,6,8,9,10). The number of hydrogen-bond acceptors (Lipinski definition) is 4. The van der Waals surface area contributed by atoms with Gasteiger partial charge in [0.25, 0.3) is 5.56 Å². The van der Waals surface area contributed by atoms with Crippen LogP contribution in [0.2, 0.25) is 0 Å². The number of H-pyrrole nitrogens is 2. The Labute approximate surface area is 55.1 Å². The molecule has 0 saturated carbocycles. The first kappa shape index (κ1) is 6.69. The minimum Gasteiger partial charge on any atom is -0.325 e. The van der Waals surface area contributed by atoms with E-state index >= 15 is 0 Å². The SMILES string of the molecule is NCc1n[nH]c(=O)[nH]c1=O. The molecular formula is C4H6N4O2. The van der Waals surface area contributed by atoms with Gasteiger partial charge in [0.2, 0.25) is 0 Å². The summed E-state index contributed by atoms with van der Waals surface area (Å²) < 4.78 is 0. The number of nitrogens with one attached hydrogen (secondary N) is 2. The Morgan fingerprint density at radius 3 is 2.70 bits per heavy atom. The molecule has 1 aromatic heterocycles. The summed E-state index contributed by atoms with van der Waals surface area (Å²) in [5.41, 5.74) is 4.06. The first-order valence-electron chi connectivity index (χ1n) is 2.62. The topological polar surface area (TPSA) is 105 Å². The zero-order valence-electron chi connectivity index (χ0n) is 5.05. The molecular weight excluding hydrogens is 136 g/mol. The first-order valence-corrected chi connectivity index (χ1v) is 2.62. The average molecular weight is 142 g/mol. The first-order chi connectivity index (χ1) is 4.74. The monoisotopic (exact) mass is 142 g/mol. The Bertz CT molecular complexity index is 325. The molecule has 1 heterocycles. The summed E-state index contributed by atoms with van der Waals surface area (Å²) in [4.78, 5) is 23.0. The Morgan fingerprint density at radius 1 is 1.50 bits per heavy atom. The van der Waals surface area contributed by atoms with E-state index in [9.17, 15) is 9.59 Å². The van der Waals surface area contributed by atoms with Crippen LogP contribution in [0.3, 0.4) is 0 Å². The van der Waals surface area contributed by atoms with Crippen LogP contribution in [0.4, 0.5) is 0 Å². The van der Waals surface area contributed by atoms with Crippen molar-refractivity contribution >= 4 is 0 Å². The fourth-order valence-electron chi connectivity index (χ4n) is 0.511. The third-order valence-corrected chi connectivity index (χ3v) is 0.975. The predicted octanol–water partition coefficient (Wildman–Crippen LogP) is -2.08. The maximum atomic E-state index is 10.7. The fraction of sp³-hybridized carbons (Fsp3) is 0.250. The molecule has 0 radical (unpaired) electrons. The summed E-state index contributed by atoms with van der Waals surface area (Å²) in [5.74, 6) is 0. The van der Waals surface area contributed by atoms with Gasteiger partial charge < -0.3 is 5.73 Å². The van der Waals surface area contributed by atoms with Crippen LogP contribution in [0.25, 0.3) is 0 Å². The van der Waals surface area contributed by atoms with Gasteiger partial charge >= 0.3 is 5.69 Å². The number of aromatic nitrogens is 3. The second-order valence-corrected chi connectivity index (χ2v) is 1.66. The second kappa shape index (κ2) is 2.44. The van der Waals surface area contributed by atoms with Crippen molar-refractivity contribution in [2.45, 2.75) is 6.54 Å². The molecule has 0 aromatic carbocycles. The van der Waals surface area contributed by atoms with Crippen molar-refractivity contribution in [3.63, 3.8) is 0 Å². The highest BCUT2D eigenvalue weighted by Crippen LogP contribution is 1.69. The maximum Gasteiger partial charge on any atom is 0.342 e. The lowest BCUT2D eigenvalue weighted by Gasteiger charge is -1.88. The van der Waals surface area contributed by atoms with Crippen LogP contribution in [-0.2, 0) is 6.54 Å². The highest BCUT2D eigenvalue weighted by Gasteiger charge is 1.96. The summed E-state index contributed by atoms with van der Waals surface area (Å²) in [7, 11) is 0. The number of rotatable bonds is 1. The molecule has 54 valence electrons. The van der Waals surface area contributed by atoms with E-state index in [-0.39, 0.29) is 12.2 Å². The summed E-state index contributed by atoms with van der Waals surface area (Å²) in [6, 6.07) is 0. The highest BCUT2D eigenvalue weighted by atomic mass is 16.2. The van der Waals surface area contributed by atoms with E-state index in [1.807, 2.05) is 4.98 Å². The Morgan fingerprint density at radius 2 is 2.20 bits per heavy atom. The van der Waals surface area contributed by atoms with Crippen LogP contribution >= 0.6 is 0 Å². The van der Waals surface area contributed by atoms with Gasteiger partial charge in [-0.3, -0.25) is 9.78 Å². The minimum atomic E-state index is -0.623. The quantitative estimate of drug-likeness (QED) is 0.418. The van der Waals surface area contributed by atoms with E-state index in [1.54, 1.807) is 0 Å². The van der Waals surface area contributed by atoms with E-state index in [2.05, 4.69) is 10.2 Å². The molecule has 6 nitrogen and oxygen atoms in total. The smallest absolute Gasteiger partial charge is 0.325 e. The molecule has 10 heavy (non-hydrogen) atoms. The molecule has 0 aliphatic heterocycles. The maximum absolute atomic E-state index is 10.7. The van der Waals surface area contributed by atoms with Gasteiger partial charge in [-0.2, -0.15) is 5.10 Å². The Kier molecular flexibility index (Phi) is 1.63. The molecule has 0 aliphatic rings. The van der Waals surface area contributed by atoms with Gasteiger partial charge in [-0.1, -0.05) is 0 Å². The molecule has 0 amide bonds. The molecule has 1 rings (SSSR count). The summed E-state index contributed by atoms with van der Waals surface area (Å²) >= 11 is 0. The van der Waals surface area contributed by atoms with Crippen molar-refractivity contribution < 1.29 is 0 Å². The highest BCUT2D eigenvalue weighted by molar-refractivity contribution is 4.89. The van der Waals surface area contributed by atoms with E-state index in [4.69, 9.17) is 5.73 Å². The van der Waals surface area contributed by atoms with E-state index in [0.29, 0.717) is 0 Å². The molecule has 0 atom stereocenters. The van der Waals surface area contributed by atoms with Gasteiger partial charge in [-0.25, -0.2) is 9.89 Å². The molecule has 0 bridgehead atoms. The number of nitrogens with two attached hydrogens (primary N) is 1. The third-order valence-electron chi connectivity index (χ3n) is 0.975. The van der Waals surface area contributed by atoms with Crippen molar-refractivity contribution in [1.29, 1.82) is 0 Å². The largest absolute Gasteiger partial charge is 0.342 e. The molecule has 0 spiro atoms. The van der Waals surface area contributed by atoms with Crippen LogP contribution < -0.4 is 17.0 Å². The van der Waals surface area contributed by atoms with E-state index in [1.165, 1.54) is 0 Å². The number of nitrogens with zero attached hydrogens (tertiary/aromatic N) is 1. The minimum absolute atomic E-state index is 0.0200. The molecule has 0 unspecified atom stereocenters. The lowest BCUT2D eigenvalue weighted by Crippen LogP contribution is -2.28. The molecule has 0 saturated heterocycles. The molecule has 1 aromatic rings. The van der Waals surface area contributed by atoms with Gasteiger partial charge in [-0.15, -0.1) is 0 Å². The lowest BCUT2D eigenvalue weighted by atomic mass is 10.5. The van der Waals surface area contributed by atoms with Crippen molar-refractivity contribution in [3.8, 4) is 0 Å². The average Bonchev–Trinajstić information content (AvgIpc) is 1.88. The zero-order valence-corrected chi connectivity index (χ0v) is 5.05. The third kappa shape index (κ3) is 1.11. The van der Waals surface area contributed by atoms with Crippen molar-refractivity contribution in [3.05, 3.63) is 26.5 Å². The van der Waals surface area contributed by atoms with Gasteiger partial charge in [0.1, 0.15) is 5.69 Å². The summed E-state index contributed by atoms with van der Waals surface area (Å²) in [6.07, 6.45) is 0. The summed E-state index contributed by atoms with van der Waals surface area (Å²) in [6.45, 7) is 0.0200. The Balaban J connectivity index is 3.34. The van der Waals surface area contributed by atoms with Crippen LogP contribution in [0.15, 0.2) is 9.59 Å². The van der Waals surface area contributed by atoms with Crippen LogP contribution in [0.5, 0.6) is 0 Å². The van der Waals surface area contributed by atoms with Crippen molar-refractivity contribution in [2.75, 3.05) is 0 Å². The molecule has 0 aliphatic carbocycles. The van der Waals surface area contributed by atoms with Gasteiger partial charge in [0, 0.05) is 6.54 Å². The molecule has 6 heteroatoms. The lowest BCUT2D eigenvalue weighted by molar-refractivity contribution is 0.807. The number of hydrogen-bond donors (Lipinski definition) is 3. The normalized spacial score (nSPS) is 9.70. The van der Waals surface area contributed by atoms with Crippen molar-refractivity contribution in [1.82, 2.24) is 15.2 Å². The van der Waals surface area contributed by atoms with E-state index in [0.717, 1.165) is 0 Å². The zero-order chi connectivity index (χ0) is 7.56. The molecule has 4 N–H and O–H groups in total. The molecule has 0 fully saturated rings. The summed E-state index contributed by atoms with van der Waals surface area (Å²) in [5, 5.41) is 5.44. The van der Waals surface area contributed by atoms with Gasteiger partial charge in [0.05, 0.1) is 0 Å². The van der Waals surface area contributed by atoms with E-state index < -0.39 is 11.2 Å². The number of aromatic amines is 2. The second-order valence-electron chi connectivity index (χ2n) is 1.66. The van der Waals surface area contributed by atoms with Crippen LogP contribution in [-0.4, -0.2) is 15.2 Å². The van der Waals surface area contributed by atoms with Crippen molar-refractivity contribution in [2.24, 2.45) is 5.73 Å². The Hall–Kier alpha value is -1.43.